The zero-order chi connectivity index (χ0) is 16.8. The van der Waals surface area contributed by atoms with Gasteiger partial charge in [-0.3, -0.25) is 9.69 Å². The van der Waals surface area contributed by atoms with Crippen LogP contribution in [0.1, 0.15) is 39.0 Å². The molecule has 1 spiro atoms. The van der Waals surface area contributed by atoms with E-state index in [1.54, 1.807) is 0 Å². The Kier molecular flexibility index (Phi) is 5.74. The van der Waals surface area contributed by atoms with Crippen LogP contribution < -0.4 is 10.1 Å². The molecule has 5 nitrogen and oxygen atoms in total. The van der Waals surface area contributed by atoms with Crippen LogP contribution in [-0.4, -0.2) is 49.3 Å². The molecular weight excluding hydrogens is 304 g/mol. The molecule has 3 rings (SSSR count). The highest BCUT2D eigenvalue weighted by molar-refractivity contribution is 5.92. The van der Waals surface area contributed by atoms with E-state index in [4.69, 9.17) is 9.47 Å². The average molecular weight is 332 g/mol. The van der Waals surface area contributed by atoms with Crippen molar-refractivity contribution in [2.45, 2.75) is 44.6 Å². The fourth-order valence-electron chi connectivity index (χ4n) is 3.76. The lowest BCUT2D eigenvalue weighted by molar-refractivity contribution is -0.120. The van der Waals surface area contributed by atoms with Gasteiger partial charge in [0, 0.05) is 26.1 Å². The molecule has 1 amide bonds. The summed E-state index contributed by atoms with van der Waals surface area (Å²) in [5.41, 5.74) is 0.814. The monoisotopic (exact) mass is 332 g/mol. The van der Waals surface area contributed by atoms with Gasteiger partial charge in [-0.05, 0) is 31.9 Å². The maximum absolute atomic E-state index is 12.3. The Bertz CT molecular complexity index is 555. The van der Waals surface area contributed by atoms with Gasteiger partial charge in [-0.15, -0.1) is 0 Å². The van der Waals surface area contributed by atoms with Gasteiger partial charge in [0.15, 0.2) is 0 Å². The minimum absolute atomic E-state index is 0.0362. The predicted octanol–water partition coefficient (Wildman–Crippen LogP) is 3.06. The molecular formula is C19H28N2O3. The van der Waals surface area contributed by atoms with Gasteiger partial charge in [-0.1, -0.05) is 25.0 Å². The van der Waals surface area contributed by atoms with Crippen molar-refractivity contribution in [3.05, 3.63) is 24.3 Å². The molecule has 24 heavy (non-hydrogen) atoms. The van der Waals surface area contributed by atoms with Gasteiger partial charge >= 0.3 is 0 Å². The number of anilines is 1. The van der Waals surface area contributed by atoms with E-state index in [0.717, 1.165) is 50.5 Å². The van der Waals surface area contributed by atoms with Crippen LogP contribution >= 0.6 is 0 Å². The summed E-state index contributed by atoms with van der Waals surface area (Å²) in [5.74, 6) is 0.763. The molecule has 0 unspecified atom stereocenters. The zero-order valence-electron chi connectivity index (χ0n) is 14.6. The first-order chi connectivity index (χ1) is 11.7. The smallest absolute Gasteiger partial charge is 0.225 e. The molecule has 0 bridgehead atoms. The molecule has 1 saturated heterocycles. The lowest BCUT2D eigenvalue weighted by atomic mass is 9.99. The average Bonchev–Trinajstić information content (AvgIpc) is 3.03. The Hall–Kier alpha value is -1.59. The number of rotatable bonds is 6. The fourth-order valence-corrected chi connectivity index (χ4v) is 3.76. The second-order valence-corrected chi connectivity index (χ2v) is 6.74. The molecule has 2 aliphatic rings. The van der Waals surface area contributed by atoms with Gasteiger partial charge in [0.1, 0.15) is 5.75 Å². The van der Waals surface area contributed by atoms with Gasteiger partial charge in [-0.25, -0.2) is 0 Å². The molecule has 1 aromatic carbocycles. The number of morpholine rings is 1. The number of hydrogen-bond donors (Lipinski definition) is 1. The van der Waals surface area contributed by atoms with Gasteiger partial charge in [-0.2, -0.15) is 0 Å². The highest BCUT2D eigenvalue weighted by Crippen LogP contribution is 2.35. The van der Waals surface area contributed by atoms with Gasteiger partial charge in [0.2, 0.25) is 5.91 Å². The van der Waals surface area contributed by atoms with E-state index in [1.807, 2.05) is 31.2 Å². The molecule has 1 aliphatic carbocycles. The highest BCUT2D eigenvalue weighted by atomic mass is 16.5. The number of carbonyl (C=O) groups excluding carboxylic acids is 1. The fraction of sp³-hybridized carbons (Fsp3) is 0.632. The van der Waals surface area contributed by atoms with E-state index in [1.165, 1.54) is 12.8 Å². The minimum atomic E-state index is 0.0362. The van der Waals surface area contributed by atoms with Crippen LogP contribution in [0.2, 0.25) is 0 Å². The van der Waals surface area contributed by atoms with Gasteiger partial charge < -0.3 is 14.8 Å². The molecule has 1 aliphatic heterocycles. The normalized spacial score (nSPS) is 20.2. The third-order valence-corrected chi connectivity index (χ3v) is 4.96. The standard InChI is InChI=1S/C19H28N2O3/c1-2-23-17-8-4-3-7-16(17)20-18(22)9-12-21-13-14-24-19(15-21)10-5-6-11-19/h3-4,7-8H,2,5-6,9-15H2,1H3,(H,20,22). The summed E-state index contributed by atoms with van der Waals surface area (Å²) in [6.07, 6.45) is 5.36. The second kappa shape index (κ2) is 7.99. The van der Waals surface area contributed by atoms with E-state index in [0.29, 0.717) is 13.0 Å². The molecule has 1 N–H and O–H groups in total. The van der Waals surface area contributed by atoms with Crippen molar-refractivity contribution >= 4 is 11.6 Å². The molecule has 1 saturated carbocycles. The van der Waals surface area contributed by atoms with Gasteiger partial charge in [0.05, 0.1) is 24.5 Å². The molecule has 0 atom stereocenters. The Balaban J connectivity index is 1.49. The topological polar surface area (TPSA) is 50.8 Å². The number of nitrogens with zero attached hydrogens (tertiary/aromatic N) is 1. The van der Waals surface area contributed by atoms with E-state index in [9.17, 15) is 4.79 Å². The van der Waals surface area contributed by atoms with Crippen molar-refractivity contribution in [2.24, 2.45) is 0 Å². The van der Waals surface area contributed by atoms with Crippen molar-refractivity contribution in [1.82, 2.24) is 4.90 Å². The van der Waals surface area contributed by atoms with Crippen molar-refractivity contribution < 1.29 is 14.3 Å². The molecule has 5 heteroatoms. The van der Waals surface area contributed by atoms with Crippen molar-refractivity contribution in [3.8, 4) is 5.75 Å². The highest BCUT2D eigenvalue weighted by Gasteiger charge is 2.39. The van der Waals surface area contributed by atoms with Crippen LogP contribution in [0, 0.1) is 0 Å². The summed E-state index contributed by atoms with van der Waals surface area (Å²) in [7, 11) is 0. The van der Waals surface area contributed by atoms with Crippen LogP contribution in [0.5, 0.6) is 5.75 Å². The third kappa shape index (κ3) is 4.28. The van der Waals surface area contributed by atoms with Crippen LogP contribution in [0.3, 0.4) is 0 Å². The Morgan fingerprint density at radius 3 is 2.92 bits per heavy atom. The molecule has 2 fully saturated rings. The van der Waals surface area contributed by atoms with E-state index in [2.05, 4.69) is 10.2 Å². The maximum atomic E-state index is 12.3. The Morgan fingerprint density at radius 2 is 2.12 bits per heavy atom. The number of carbonyl (C=O) groups is 1. The summed E-state index contributed by atoms with van der Waals surface area (Å²) in [4.78, 5) is 14.7. The molecule has 0 aromatic heterocycles. The van der Waals surface area contributed by atoms with Crippen LogP contribution in [0.25, 0.3) is 0 Å². The zero-order valence-corrected chi connectivity index (χ0v) is 14.6. The first kappa shape index (κ1) is 17.2. The molecule has 1 heterocycles. The minimum Gasteiger partial charge on any atom is -0.492 e. The summed E-state index contributed by atoms with van der Waals surface area (Å²) in [5, 5.41) is 2.97. The van der Waals surface area contributed by atoms with E-state index >= 15 is 0 Å². The van der Waals surface area contributed by atoms with Crippen LogP contribution in [0.4, 0.5) is 5.69 Å². The summed E-state index contributed by atoms with van der Waals surface area (Å²) < 4.78 is 11.6. The predicted molar refractivity (Wildman–Crippen MR) is 94.4 cm³/mol. The third-order valence-electron chi connectivity index (χ3n) is 4.96. The first-order valence-corrected chi connectivity index (χ1v) is 9.09. The SMILES string of the molecule is CCOc1ccccc1NC(=O)CCN1CCOC2(CCCC2)C1. The number of hydrogen-bond acceptors (Lipinski definition) is 4. The quantitative estimate of drug-likeness (QED) is 0.870. The van der Waals surface area contributed by atoms with Gasteiger partial charge in [0.25, 0.3) is 0 Å². The Labute approximate surface area is 144 Å². The Morgan fingerprint density at radius 1 is 1.33 bits per heavy atom. The number of nitrogens with one attached hydrogen (secondary N) is 1. The van der Waals surface area contributed by atoms with Crippen LogP contribution in [0.15, 0.2) is 24.3 Å². The molecule has 1 aromatic rings. The number of amides is 1. The van der Waals surface area contributed by atoms with E-state index in [-0.39, 0.29) is 11.5 Å². The van der Waals surface area contributed by atoms with Crippen molar-refractivity contribution in [3.63, 3.8) is 0 Å². The summed E-state index contributed by atoms with van der Waals surface area (Å²) in [6, 6.07) is 7.58. The first-order valence-electron chi connectivity index (χ1n) is 9.09. The summed E-state index contributed by atoms with van der Waals surface area (Å²) >= 11 is 0. The van der Waals surface area contributed by atoms with Crippen molar-refractivity contribution in [1.29, 1.82) is 0 Å². The largest absolute Gasteiger partial charge is 0.492 e. The number of para-hydroxylation sites is 2. The van der Waals surface area contributed by atoms with E-state index < -0.39 is 0 Å². The van der Waals surface area contributed by atoms with Crippen molar-refractivity contribution in [2.75, 3.05) is 38.2 Å². The second-order valence-electron chi connectivity index (χ2n) is 6.74. The maximum Gasteiger partial charge on any atom is 0.225 e. The molecule has 0 radical (unpaired) electrons. The lowest BCUT2D eigenvalue weighted by Gasteiger charge is -2.40. The van der Waals surface area contributed by atoms with Crippen LogP contribution in [-0.2, 0) is 9.53 Å². The molecule has 132 valence electrons. The number of ether oxygens (including phenoxy) is 2. The number of benzene rings is 1. The summed E-state index contributed by atoms with van der Waals surface area (Å²) in [6.45, 7) is 5.99. The lowest BCUT2D eigenvalue weighted by Crippen LogP contribution is -2.50.